The van der Waals surface area contributed by atoms with Crippen LogP contribution in [0.5, 0.6) is 0 Å². The van der Waals surface area contributed by atoms with Crippen LogP contribution in [-0.2, 0) is 22.4 Å². The molecule has 2 N–H and O–H groups in total. The maximum absolute atomic E-state index is 11.9. The van der Waals surface area contributed by atoms with Gasteiger partial charge < -0.3 is 10.5 Å². The Labute approximate surface area is 150 Å². The van der Waals surface area contributed by atoms with Gasteiger partial charge in [0.2, 0.25) is 0 Å². The second-order valence-corrected chi connectivity index (χ2v) is 7.17. The minimum atomic E-state index is -0.812. The lowest BCUT2D eigenvalue weighted by Crippen LogP contribution is -2.46. The fraction of sp³-hybridized carbons (Fsp3) is 0.409. The molecular formula is C22H27NO2. The van der Waals surface area contributed by atoms with Crippen molar-refractivity contribution in [3.8, 4) is 0 Å². The first kappa shape index (κ1) is 17.7. The summed E-state index contributed by atoms with van der Waals surface area (Å²) in [7, 11) is 1.41. The smallest absolute Gasteiger partial charge is 0.325 e. The van der Waals surface area contributed by atoms with E-state index in [1.807, 2.05) is 0 Å². The second kappa shape index (κ2) is 7.83. The molecule has 0 heterocycles. The number of nitrogens with two attached hydrogens (primary N) is 1. The molecule has 1 aliphatic carbocycles. The van der Waals surface area contributed by atoms with Crippen LogP contribution in [0.4, 0.5) is 0 Å². The highest BCUT2D eigenvalue weighted by Crippen LogP contribution is 2.40. The zero-order chi connectivity index (χ0) is 17.7. The van der Waals surface area contributed by atoms with Crippen LogP contribution in [0.15, 0.2) is 54.6 Å². The summed E-state index contributed by atoms with van der Waals surface area (Å²) in [5, 5.41) is 0. The van der Waals surface area contributed by atoms with Crippen molar-refractivity contribution < 1.29 is 9.53 Å². The van der Waals surface area contributed by atoms with Gasteiger partial charge in [-0.3, -0.25) is 4.79 Å². The van der Waals surface area contributed by atoms with E-state index >= 15 is 0 Å². The standard InChI is InChI=1S/C22H27NO2/c1-25-21(24)22(23)15-14-20(16-22)19-12-10-18(11-13-19)9-5-8-17-6-3-2-4-7-17/h2-4,6-7,10-13,20H,5,8-9,14-16,23H2,1H3/t20-,22-/m1/s1. The van der Waals surface area contributed by atoms with Gasteiger partial charge in [0, 0.05) is 0 Å². The zero-order valence-corrected chi connectivity index (χ0v) is 14.9. The topological polar surface area (TPSA) is 52.3 Å². The van der Waals surface area contributed by atoms with Crippen LogP contribution >= 0.6 is 0 Å². The quantitative estimate of drug-likeness (QED) is 0.811. The van der Waals surface area contributed by atoms with E-state index in [1.165, 1.54) is 23.8 Å². The van der Waals surface area contributed by atoms with Crippen LogP contribution in [-0.4, -0.2) is 18.6 Å². The van der Waals surface area contributed by atoms with Gasteiger partial charge in [0.05, 0.1) is 7.11 Å². The lowest BCUT2D eigenvalue weighted by molar-refractivity contribution is -0.146. The first-order valence-corrected chi connectivity index (χ1v) is 9.11. The Morgan fingerprint density at radius 1 is 1.08 bits per heavy atom. The van der Waals surface area contributed by atoms with E-state index in [0.717, 1.165) is 25.7 Å². The lowest BCUT2D eigenvalue weighted by Gasteiger charge is -2.20. The number of carbonyl (C=O) groups is 1. The Bertz CT molecular complexity index is 696. The number of methoxy groups -OCH3 is 1. The molecule has 3 rings (SSSR count). The van der Waals surface area contributed by atoms with Crippen LogP contribution in [0, 0.1) is 0 Å². The molecule has 2 aromatic rings. The Morgan fingerprint density at radius 2 is 1.72 bits per heavy atom. The lowest BCUT2D eigenvalue weighted by atomic mass is 9.92. The van der Waals surface area contributed by atoms with Crippen molar-refractivity contribution in [3.05, 3.63) is 71.3 Å². The normalized spacial score (nSPS) is 22.7. The number of hydrogen-bond acceptors (Lipinski definition) is 3. The van der Waals surface area contributed by atoms with Gasteiger partial charge in [0.15, 0.2) is 0 Å². The molecule has 2 aromatic carbocycles. The number of hydrogen-bond donors (Lipinski definition) is 1. The Balaban J connectivity index is 1.53. The maximum atomic E-state index is 11.9. The number of benzene rings is 2. The zero-order valence-electron chi connectivity index (χ0n) is 14.9. The van der Waals surface area contributed by atoms with Crippen molar-refractivity contribution in [1.82, 2.24) is 0 Å². The van der Waals surface area contributed by atoms with Crippen LogP contribution in [0.25, 0.3) is 0 Å². The predicted molar refractivity (Wildman–Crippen MR) is 100 cm³/mol. The molecule has 1 fully saturated rings. The third kappa shape index (κ3) is 4.29. The highest BCUT2D eigenvalue weighted by atomic mass is 16.5. The van der Waals surface area contributed by atoms with E-state index in [9.17, 15) is 4.79 Å². The van der Waals surface area contributed by atoms with E-state index < -0.39 is 5.54 Å². The molecule has 25 heavy (non-hydrogen) atoms. The fourth-order valence-electron chi connectivity index (χ4n) is 3.85. The van der Waals surface area contributed by atoms with Gasteiger partial charge in [0.25, 0.3) is 0 Å². The van der Waals surface area contributed by atoms with Gasteiger partial charge in [-0.25, -0.2) is 0 Å². The highest BCUT2D eigenvalue weighted by molar-refractivity contribution is 5.81. The third-order valence-corrected chi connectivity index (χ3v) is 5.37. The molecule has 0 unspecified atom stereocenters. The fourth-order valence-corrected chi connectivity index (χ4v) is 3.85. The number of carbonyl (C=O) groups excluding carboxylic acids is 1. The Kier molecular flexibility index (Phi) is 5.54. The summed E-state index contributed by atoms with van der Waals surface area (Å²) in [4.78, 5) is 11.9. The van der Waals surface area contributed by atoms with Gasteiger partial charge in [-0.05, 0) is 61.1 Å². The molecule has 0 radical (unpaired) electrons. The van der Waals surface area contributed by atoms with Crippen LogP contribution in [0.1, 0.15) is 48.3 Å². The van der Waals surface area contributed by atoms with E-state index in [4.69, 9.17) is 10.5 Å². The average Bonchev–Trinajstić information content (AvgIpc) is 3.06. The summed E-state index contributed by atoms with van der Waals surface area (Å²) in [6.07, 6.45) is 5.67. The van der Waals surface area contributed by atoms with Crippen LogP contribution in [0.2, 0.25) is 0 Å². The molecule has 3 nitrogen and oxygen atoms in total. The van der Waals surface area contributed by atoms with Crippen LogP contribution in [0.3, 0.4) is 0 Å². The monoisotopic (exact) mass is 337 g/mol. The van der Waals surface area contributed by atoms with Crippen molar-refractivity contribution in [3.63, 3.8) is 0 Å². The largest absolute Gasteiger partial charge is 0.468 e. The minimum absolute atomic E-state index is 0.285. The molecule has 0 aromatic heterocycles. The summed E-state index contributed by atoms with van der Waals surface area (Å²) in [5.41, 5.74) is 9.45. The summed E-state index contributed by atoms with van der Waals surface area (Å²) in [5.74, 6) is 0.0648. The van der Waals surface area contributed by atoms with Crippen molar-refractivity contribution >= 4 is 5.97 Å². The molecule has 0 spiro atoms. The molecular weight excluding hydrogens is 310 g/mol. The summed E-state index contributed by atoms with van der Waals surface area (Å²) >= 11 is 0. The number of aryl methyl sites for hydroxylation is 2. The van der Waals surface area contributed by atoms with Crippen molar-refractivity contribution in [2.45, 2.75) is 50.0 Å². The van der Waals surface area contributed by atoms with E-state index in [1.54, 1.807) is 0 Å². The summed E-state index contributed by atoms with van der Waals surface area (Å²) in [6.45, 7) is 0. The molecule has 0 saturated heterocycles. The van der Waals surface area contributed by atoms with Crippen molar-refractivity contribution in [1.29, 1.82) is 0 Å². The SMILES string of the molecule is COC(=O)[C@@]1(N)CC[C@@H](c2ccc(CCCc3ccccc3)cc2)C1. The first-order chi connectivity index (χ1) is 12.1. The van der Waals surface area contributed by atoms with Gasteiger partial charge >= 0.3 is 5.97 Å². The molecule has 132 valence electrons. The average molecular weight is 337 g/mol. The van der Waals surface area contributed by atoms with E-state index in [0.29, 0.717) is 18.8 Å². The number of ether oxygens (including phenoxy) is 1. The van der Waals surface area contributed by atoms with Gasteiger partial charge in [-0.1, -0.05) is 54.6 Å². The second-order valence-electron chi connectivity index (χ2n) is 7.17. The number of esters is 1. The van der Waals surface area contributed by atoms with E-state index in [-0.39, 0.29) is 5.97 Å². The van der Waals surface area contributed by atoms with Gasteiger partial charge in [-0.2, -0.15) is 0 Å². The van der Waals surface area contributed by atoms with Gasteiger partial charge in [-0.15, -0.1) is 0 Å². The minimum Gasteiger partial charge on any atom is -0.468 e. The first-order valence-electron chi connectivity index (χ1n) is 9.11. The third-order valence-electron chi connectivity index (χ3n) is 5.37. The number of rotatable bonds is 6. The van der Waals surface area contributed by atoms with Gasteiger partial charge in [0.1, 0.15) is 5.54 Å². The molecule has 0 bridgehead atoms. The molecule has 2 atom stereocenters. The molecule has 1 saturated carbocycles. The Morgan fingerprint density at radius 3 is 2.36 bits per heavy atom. The van der Waals surface area contributed by atoms with Crippen LogP contribution < -0.4 is 5.73 Å². The molecule has 3 heteroatoms. The Hall–Kier alpha value is -2.13. The van der Waals surface area contributed by atoms with Crippen molar-refractivity contribution in [2.24, 2.45) is 5.73 Å². The maximum Gasteiger partial charge on any atom is 0.325 e. The van der Waals surface area contributed by atoms with Crippen molar-refractivity contribution in [2.75, 3.05) is 7.11 Å². The van der Waals surface area contributed by atoms with E-state index in [2.05, 4.69) is 54.6 Å². The summed E-state index contributed by atoms with van der Waals surface area (Å²) in [6, 6.07) is 19.4. The predicted octanol–water partition coefficient (Wildman–Crippen LogP) is 4.00. The molecule has 0 amide bonds. The molecule has 1 aliphatic rings. The summed E-state index contributed by atoms with van der Waals surface area (Å²) < 4.78 is 4.86. The molecule has 0 aliphatic heterocycles. The highest BCUT2D eigenvalue weighted by Gasteiger charge is 2.43.